The van der Waals surface area contributed by atoms with E-state index < -0.39 is 0 Å². The number of thiazole rings is 1. The van der Waals surface area contributed by atoms with Gasteiger partial charge in [0.25, 0.3) is 0 Å². The highest BCUT2D eigenvalue weighted by Gasteiger charge is 2.14. The fourth-order valence-electron chi connectivity index (χ4n) is 1.99. The Morgan fingerprint density at radius 1 is 1.53 bits per heavy atom. The van der Waals surface area contributed by atoms with Crippen molar-refractivity contribution in [3.05, 3.63) is 16.1 Å². The highest BCUT2D eigenvalue weighted by Crippen LogP contribution is 2.20. The molecule has 1 aliphatic rings. The minimum atomic E-state index is 0.760. The zero-order valence-electron chi connectivity index (χ0n) is 9.16. The summed E-state index contributed by atoms with van der Waals surface area (Å²) in [6.07, 6.45) is 9.67. The first-order valence-corrected chi connectivity index (χ1v) is 7.75. The van der Waals surface area contributed by atoms with Gasteiger partial charge in [-0.1, -0.05) is 12.8 Å². The van der Waals surface area contributed by atoms with E-state index in [1.165, 1.54) is 35.6 Å². The van der Waals surface area contributed by atoms with E-state index in [-0.39, 0.29) is 0 Å². The van der Waals surface area contributed by atoms with Gasteiger partial charge in [-0.2, -0.15) is 11.8 Å². The number of hydrogen-bond donors (Lipinski definition) is 1. The molecule has 0 spiro atoms. The van der Waals surface area contributed by atoms with Crippen LogP contribution in [0.4, 0.5) is 0 Å². The fraction of sp³-hybridized carbons (Fsp3) is 0.727. The lowest BCUT2D eigenvalue weighted by molar-refractivity contribution is 0.527. The van der Waals surface area contributed by atoms with Gasteiger partial charge in [0, 0.05) is 29.4 Å². The molecule has 0 amide bonds. The van der Waals surface area contributed by atoms with E-state index in [1.54, 1.807) is 0 Å². The van der Waals surface area contributed by atoms with Crippen LogP contribution in [0.25, 0.3) is 0 Å². The zero-order valence-corrected chi connectivity index (χ0v) is 10.8. The predicted molar refractivity (Wildman–Crippen MR) is 68.4 cm³/mol. The van der Waals surface area contributed by atoms with Crippen molar-refractivity contribution >= 4 is 23.1 Å². The molecule has 0 atom stereocenters. The first-order chi connectivity index (χ1) is 7.38. The lowest BCUT2D eigenvalue weighted by Crippen LogP contribution is -2.24. The van der Waals surface area contributed by atoms with Crippen LogP contribution in [0.2, 0.25) is 0 Å². The highest BCUT2D eigenvalue weighted by molar-refractivity contribution is 7.97. The van der Waals surface area contributed by atoms with Crippen molar-refractivity contribution in [3.8, 4) is 0 Å². The van der Waals surface area contributed by atoms with Crippen LogP contribution < -0.4 is 5.32 Å². The van der Waals surface area contributed by atoms with Crippen LogP contribution >= 0.6 is 23.1 Å². The minimum absolute atomic E-state index is 0.760. The van der Waals surface area contributed by atoms with Crippen molar-refractivity contribution in [2.24, 2.45) is 0 Å². The summed E-state index contributed by atoms with van der Waals surface area (Å²) < 4.78 is 0. The molecule has 0 bridgehead atoms. The second kappa shape index (κ2) is 5.87. The van der Waals surface area contributed by atoms with Crippen molar-refractivity contribution < 1.29 is 0 Å². The molecule has 0 aromatic carbocycles. The quantitative estimate of drug-likeness (QED) is 0.859. The van der Waals surface area contributed by atoms with E-state index in [1.807, 2.05) is 29.3 Å². The summed E-state index contributed by atoms with van der Waals surface area (Å²) in [4.78, 5) is 5.79. The van der Waals surface area contributed by atoms with Crippen LogP contribution in [0, 0.1) is 0 Å². The molecule has 1 heterocycles. The molecule has 2 rings (SSSR count). The van der Waals surface area contributed by atoms with Crippen LogP contribution in [0.1, 0.15) is 35.6 Å². The van der Waals surface area contributed by atoms with Gasteiger partial charge in [0.1, 0.15) is 5.01 Å². The van der Waals surface area contributed by atoms with Gasteiger partial charge >= 0.3 is 0 Å². The van der Waals surface area contributed by atoms with Gasteiger partial charge in [-0.3, -0.25) is 0 Å². The molecule has 1 aromatic heterocycles. The monoisotopic (exact) mass is 242 g/mol. The van der Waals surface area contributed by atoms with Crippen molar-refractivity contribution in [1.82, 2.24) is 10.3 Å². The molecule has 1 N–H and O–H groups in total. The van der Waals surface area contributed by atoms with Crippen LogP contribution in [-0.2, 0) is 12.3 Å². The summed E-state index contributed by atoms with van der Waals surface area (Å²) in [6, 6.07) is 0.760. The van der Waals surface area contributed by atoms with Crippen molar-refractivity contribution in [2.75, 3.05) is 6.26 Å². The molecule has 0 saturated heterocycles. The van der Waals surface area contributed by atoms with Crippen LogP contribution in [0.3, 0.4) is 0 Å². The van der Waals surface area contributed by atoms with Gasteiger partial charge in [0.2, 0.25) is 0 Å². The van der Waals surface area contributed by atoms with Gasteiger partial charge in [0.15, 0.2) is 0 Å². The SMILES string of the molecule is CSCc1ncc(CNC2CCCC2)s1. The highest BCUT2D eigenvalue weighted by atomic mass is 32.2. The molecule has 0 unspecified atom stereocenters. The van der Waals surface area contributed by atoms with Crippen molar-refractivity contribution in [3.63, 3.8) is 0 Å². The van der Waals surface area contributed by atoms with Crippen molar-refractivity contribution in [1.29, 1.82) is 0 Å². The lowest BCUT2D eigenvalue weighted by Gasteiger charge is -2.09. The van der Waals surface area contributed by atoms with E-state index in [4.69, 9.17) is 0 Å². The second-order valence-corrected chi connectivity index (χ2v) is 6.08. The normalized spacial score (nSPS) is 17.4. The maximum Gasteiger partial charge on any atom is 0.103 e. The van der Waals surface area contributed by atoms with Crippen LogP contribution in [-0.4, -0.2) is 17.3 Å². The molecule has 0 radical (unpaired) electrons. The Morgan fingerprint density at radius 2 is 2.33 bits per heavy atom. The third-order valence-electron chi connectivity index (χ3n) is 2.79. The lowest BCUT2D eigenvalue weighted by atomic mass is 10.2. The second-order valence-electron chi connectivity index (χ2n) is 4.02. The van der Waals surface area contributed by atoms with E-state index in [2.05, 4.69) is 16.6 Å². The number of thioether (sulfide) groups is 1. The molecule has 0 aliphatic heterocycles. The molecule has 1 aliphatic carbocycles. The largest absolute Gasteiger partial charge is 0.309 e. The molecular formula is C11H18N2S2. The van der Waals surface area contributed by atoms with Gasteiger partial charge < -0.3 is 5.32 Å². The molecule has 1 fully saturated rings. The smallest absolute Gasteiger partial charge is 0.103 e. The zero-order chi connectivity index (χ0) is 10.5. The summed E-state index contributed by atoms with van der Waals surface area (Å²) in [7, 11) is 0. The average molecular weight is 242 g/mol. The Kier molecular flexibility index (Phi) is 4.47. The third-order valence-corrected chi connectivity index (χ3v) is 4.53. The van der Waals surface area contributed by atoms with E-state index in [9.17, 15) is 0 Å². The number of hydrogen-bond acceptors (Lipinski definition) is 4. The molecule has 1 saturated carbocycles. The van der Waals surface area contributed by atoms with Crippen LogP contribution in [0.5, 0.6) is 0 Å². The summed E-state index contributed by atoms with van der Waals surface area (Å²) in [6.45, 7) is 1.01. The average Bonchev–Trinajstić information content (AvgIpc) is 2.85. The molecule has 1 aromatic rings. The summed E-state index contributed by atoms with van der Waals surface area (Å²) in [5.74, 6) is 1.05. The van der Waals surface area contributed by atoms with Gasteiger partial charge in [-0.05, 0) is 19.1 Å². The maximum atomic E-state index is 4.41. The Hall–Kier alpha value is -0.0600. The van der Waals surface area contributed by atoms with E-state index in [0.717, 1.165) is 18.3 Å². The Morgan fingerprint density at radius 3 is 3.07 bits per heavy atom. The fourth-order valence-corrected chi connectivity index (χ4v) is 3.57. The van der Waals surface area contributed by atoms with Crippen molar-refractivity contribution in [2.45, 2.75) is 44.0 Å². The van der Waals surface area contributed by atoms with Gasteiger partial charge in [0.05, 0.1) is 0 Å². The predicted octanol–water partition coefficient (Wildman–Crippen LogP) is 3.04. The molecule has 15 heavy (non-hydrogen) atoms. The topological polar surface area (TPSA) is 24.9 Å². The number of nitrogens with zero attached hydrogens (tertiary/aromatic N) is 1. The summed E-state index contributed by atoms with van der Waals surface area (Å²) in [5, 5.41) is 4.87. The number of rotatable bonds is 5. The van der Waals surface area contributed by atoms with E-state index >= 15 is 0 Å². The number of aromatic nitrogens is 1. The first kappa shape index (κ1) is 11.4. The molecule has 4 heteroatoms. The van der Waals surface area contributed by atoms with Crippen LogP contribution in [0.15, 0.2) is 6.20 Å². The molecular weight excluding hydrogens is 224 g/mol. The van der Waals surface area contributed by atoms with Gasteiger partial charge in [-0.25, -0.2) is 4.98 Å². The Balaban J connectivity index is 1.77. The maximum absolute atomic E-state index is 4.41. The molecule has 84 valence electrons. The standard InChI is InChI=1S/C11H18N2S2/c1-14-8-11-13-7-10(15-11)6-12-9-4-2-3-5-9/h7,9,12H,2-6,8H2,1H3. The summed E-state index contributed by atoms with van der Waals surface area (Å²) >= 11 is 3.69. The Labute approximate surface area is 99.9 Å². The summed E-state index contributed by atoms with van der Waals surface area (Å²) in [5.41, 5.74) is 0. The van der Waals surface area contributed by atoms with E-state index in [0.29, 0.717) is 0 Å². The minimum Gasteiger partial charge on any atom is -0.309 e. The Bertz CT molecular complexity index is 293. The number of nitrogens with one attached hydrogen (secondary N) is 1. The third kappa shape index (κ3) is 3.47. The molecule has 2 nitrogen and oxygen atoms in total. The first-order valence-electron chi connectivity index (χ1n) is 5.54. The van der Waals surface area contributed by atoms with Gasteiger partial charge in [-0.15, -0.1) is 11.3 Å².